The third-order valence-electron chi connectivity index (χ3n) is 2.02. The Morgan fingerprint density at radius 3 is 2.50 bits per heavy atom. The maximum atomic E-state index is 11.3. The Hall–Kier alpha value is -1.26. The van der Waals surface area contributed by atoms with Gasteiger partial charge in [-0.2, -0.15) is 0 Å². The summed E-state index contributed by atoms with van der Waals surface area (Å²) in [5.41, 5.74) is 0. The van der Waals surface area contributed by atoms with Crippen LogP contribution in [-0.2, 0) is 4.79 Å². The van der Waals surface area contributed by atoms with Gasteiger partial charge in [-0.1, -0.05) is 20.3 Å². The SMILES string of the molecule is CCC(C)CN(C)C(=O)NCC(=O)O. The zero-order chi connectivity index (χ0) is 11.1. The van der Waals surface area contributed by atoms with Crippen molar-refractivity contribution in [1.82, 2.24) is 10.2 Å². The van der Waals surface area contributed by atoms with Crippen molar-refractivity contribution in [2.75, 3.05) is 20.1 Å². The molecule has 0 aliphatic carbocycles. The van der Waals surface area contributed by atoms with Crippen molar-refractivity contribution in [3.05, 3.63) is 0 Å². The summed E-state index contributed by atoms with van der Waals surface area (Å²) < 4.78 is 0. The molecule has 0 rings (SSSR count). The van der Waals surface area contributed by atoms with Crippen LogP contribution in [0.2, 0.25) is 0 Å². The second-order valence-electron chi connectivity index (χ2n) is 3.45. The number of carbonyl (C=O) groups excluding carboxylic acids is 1. The highest BCUT2D eigenvalue weighted by Crippen LogP contribution is 2.02. The molecule has 82 valence electrons. The molecule has 0 radical (unpaired) electrons. The van der Waals surface area contributed by atoms with Crippen molar-refractivity contribution in [3.8, 4) is 0 Å². The highest BCUT2D eigenvalue weighted by atomic mass is 16.4. The van der Waals surface area contributed by atoms with Crippen molar-refractivity contribution in [1.29, 1.82) is 0 Å². The van der Waals surface area contributed by atoms with E-state index in [0.29, 0.717) is 12.5 Å². The third-order valence-corrected chi connectivity index (χ3v) is 2.02. The summed E-state index contributed by atoms with van der Waals surface area (Å²) in [7, 11) is 1.66. The number of hydrogen-bond acceptors (Lipinski definition) is 2. The van der Waals surface area contributed by atoms with Crippen LogP contribution in [0.4, 0.5) is 4.79 Å². The van der Waals surface area contributed by atoms with Gasteiger partial charge in [-0.25, -0.2) is 4.79 Å². The summed E-state index contributed by atoms with van der Waals surface area (Å²) in [6.07, 6.45) is 0.997. The zero-order valence-electron chi connectivity index (χ0n) is 8.91. The van der Waals surface area contributed by atoms with Gasteiger partial charge in [0, 0.05) is 13.6 Å². The zero-order valence-corrected chi connectivity index (χ0v) is 8.91. The molecular weight excluding hydrogens is 184 g/mol. The second kappa shape index (κ2) is 6.23. The van der Waals surface area contributed by atoms with Crippen LogP contribution in [0.5, 0.6) is 0 Å². The van der Waals surface area contributed by atoms with Gasteiger partial charge in [0.2, 0.25) is 0 Å². The van der Waals surface area contributed by atoms with Crippen molar-refractivity contribution < 1.29 is 14.7 Å². The lowest BCUT2D eigenvalue weighted by Gasteiger charge is -2.20. The van der Waals surface area contributed by atoms with E-state index in [4.69, 9.17) is 5.11 Å². The molecule has 2 N–H and O–H groups in total. The first kappa shape index (κ1) is 12.7. The molecule has 0 aliphatic heterocycles. The van der Waals surface area contributed by atoms with Crippen LogP contribution >= 0.6 is 0 Å². The lowest BCUT2D eigenvalue weighted by atomic mass is 10.1. The molecule has 1 atom stereocenters. The highest BCUT2D eigenvalue weighted by Gasteiger charge is 2.11. The molecule has 0 aliphatic rings. The van der Waals surface area contributed by atoms with Crippen LogP contribution in [0.15, 0.2) is 0 Å². The molecule has 5 nitrogen and oxygen atoms in total. The van der Waals surface area contributed by atoms with Gasteiger partial charge in [0.25, 0.3) is 0 Å². The second-order valence-corrected chi connectivity index (χ2v) is 3.45. The van der Waals surface area contributed by atoms with Gasteiger partial charge in [-0.05, 0) is 5.92 Å². The fourth-order valence-electron chi connectivity index (χ4n) is 0.966. The van der Waals surface area contributed by atoms with Crippen molar-refractivity contribution in [2.24, 2.45) is 5.92 Å². The number of amides is 2. The molecule has 0 spiro atoms. The van der Waals surface area contributed by atoms with E-state index in [2.05, 4.69) is 5.32 Å². The van der Waals surface area contributed by atoms with Crippen LogP contribution < -0.4 is 5.32 Å². The van der Waals surface area contributed by atoms with Crippen molar-refractivity contribution in [3.63, 3.8) is 0 Å². The number of nitrogens with one attached hydrogen (secondary N) is 1. The average molecular weight is 202 g/mol. The number of carboxylic acids is 1. The third kappa shape index (κ3) is 5.40. The maximum absolute atomic E-state index is 11.3. The first-order valence-corrected chi connectivity index (χ1v) is 4.68. The molecule has 14 heavy (non-hydrogen) atoms. The van der Waals surface area contributed by atoms with Gasteiger partial charge in [-0.15, -0.1) is 0 Å². The van der Waals surface area contributed by atoms with Crippen LogP contribution in [0, 0.1) is 5.92 Å². The number of hydrogen-bond donors (Lipinski definition) is 2. The Kier molecular flexibility index (Phi) is 5.67. The van der Waals surface area contributed by atoms with E-state index < -0.39 is 5.97 Å². The summed E-state index contributed by atoms with van der Waals surface area (Å²) in [5, 5.41) is 10.6. The molecule has 0 saturated carbocycles. The molecule has 0 aromatic heterocycles. The van der Waals surface area contributed by atoms with E-state index in [9.17, 15) is 9.59 Å². The molecule has 0 bridgehead atoms. The van der Waals surface area contributed by atoms with Gasteiger partial charge in [-0.3, -0.25) is 4.79 Å². The summed E-state index contributed by atoms with van der Waals surface area (Å²) >= 11 is 0. The Morgan fingerprint density at radius 1 is 1.50 bits per heavy atom. The number of rotatable bonds is 5. The Balaban J connectivity index is 3.81. The summed E-state index contributed by atoms with van der Waals surface area (Å²) in [6, 6.07) is -0.340. The summed E-state index contributed by atoms with van der Waals surface area (Å²) in [5.74, 6) is -0.606. The van der Waals surface area contributed by atoms with E-state index in [1.807, 2.05) is 13.8 Å². The van der Waals surface area contributed by atoms with Crippen LogP contribution in [0.25, 0.3) is 0 Å². The predicted molar refractivity (Wildman–Crippen MR) is 53.1 cm³/mol. The minimum Gasteiger partial charge on any atom is -0.480 e. The standard InChI is InChI=1S/C9H18N2O3/c1-4-7(2)6-11(3)9(14)10-5-8(12)13/h7H,4-6H2,1-3H3,(H,10,14)(H,12,13). The van der Waals surface area contributed by atoms with Gasteiger partial charge < -0.3 is 15.3 Å². The molecule has 2 amide bonds. The number of carboxylic acid groups (broad SMARTS) is 1. The van der Waals surface area contributed by atoms with E-state index in [0.717, 1.165) is 6.42 Å². The maximum Gasteiger partial charge on any atom is 0.323 e. The molecule has 0 saturated heterocycles. The van der Waals surface area contributed by atoms with Gasteiger partial charge in [0.05, 0.1) is 0 Å². The first-order chi connectivity index (χ1) is 6.47. The molecule has 0 fully saturated rings. The van der Waals surface area contributed by atoms with Crippen molar-refractivity contribution in [2.45, 2.75) is 20.3 Å². The molecule has 0 aromatic carbocycles. The van der Waals surface area contributed by atoms with Gasteiger partial charge in [0.15, 0.2) is 0 Å². The lowest BCUT2D eigenvalue weighted by Crippen LogP contribution is -2.41. The van der Waals surface area contributed by atoms with Crippen LogP contribution in [0.3, 0.4) is 0 Å². The van der Waals surface area contributed by atoms with E-state index in [-0.39, 0.29) is 12.6 Å². The molecule has 0 heterocycles. The minimum atomic E-state index is -1.03. The highest BCUT2D eigenvalue weighted by molar-refractivity contribution is 5.79. The molecular formula is C9H18N2O3. The Bertz CT molecular complexity index is 206. The quantitative estimate of drug-likeness (QED) is 0.691. The van der Waals surface area contributed by atoms with Crippen LogP contribution in [-0.4, -0.2) is 42.1 Å². The number of aliphatic carboxylic acids is 1. The fourth-order valence-corrected chi connectivity index (χ4v) is 0.966. The number of urea groups is 1. The molecule has 0 aromatic rings. The van der Waals surface area contributed by atoms with Gasteiger partial charge >= 0.3 is 12.0 Å². The van der Waals surface area contributed by atoms with Crippen molar-refractivity contribution >= 4 is 12.0 Å². The number of nitrogens with zero attached hydrogens (tertiary/aromatic N) is 1. The largest absolute Gasteiger partial charge is 0.480 e. The first-order valence-electron chi connectivity index (χ1n) is 4.68. The lowest BCUT2D eigenvalue weighted by molar-refractivity contribution is -0.135. The predicted octanol–water partition coefficient (Wildman–Crippen LogP) is 0.759. The minimum absolute atomic E-state index is 0.330. The topological polar surface area (TPSA) is 69.6 Å². The van der Waals surface area contributed by atoms with E-state index in [1.54, 1.807) is 7.05 Å². The summed E-state index contributed by atoms with van der Waals surface area (Å²) in [4.78, 5) is 22.9. The van der Waals surface area contributed by atoms with E-state index in [1.165, 1.54) is 4.90 Å². The fraction of sp³-hybridized carbons (Fsp3) is 0.778. The monoisotopic (exact) mass is 202 g/mol. The Morgan fingerprint density at radius 2 is 2.07 bits per heavy atom. The summed E-state index contributed by atoms with van der Waals surface area (Å²) in [6.45, 7) is 4.40. The average Bonchev–Trinajstić information content (AvgIpc) is 2.13. The van der Waals surface area contributed by atoms with Gasteiger partial charge in [0.1, 0.15) is 6.54 Å². The normalized spacial score (nSPS) is 11.9. The molecule has 1 unspecified atom stereocenters. The Labute approximate surface area is 84.1 Å². The number of carbonyl (C=O) groups is 2. The van der Waals surface area contributed by atoms with E-state index >= 15 is 0 Å². The smallest absolute Gasteiger partial charge is 0.323 e. The molecule has 5 heteroatoms. The van der Waals surface area contributed by atoms with Crippen LogP contribution in [0.1, 0.15) is 20.3 Å².